The van der Waals surface area contributed by atoms with E-state index in [2.05, 4.69) is 0 Å². The van der Waals surface area contributed by atoms with Crippen molar-refractivity contribution in [2.45, 2.75) is 39.8 Å². The van der Waals surface area contributed by atoms with E-state index in [-0.39, 0.29) is 11.8 Å². The molecular weight excluding hydrogens is 230 g/mol. The minimum absolute atomic E-state index is 0.211. The van der Waals surface area contributed by atoms with E-state index in [1.165, 1.54) is 4.90 Å². The van der Waals surface area contributed by atoms with Gasteiger partial charge in [0.2, 0.25) is 0 Å². The van der Waals surface area contributed by atoms with Gasteiger partial charge in [0.1, 0.15) is 11.4 Å². The molecule has 1 rings (SSSR count). The molecule has 100 valence electrons. The first-order valence-electron chi connectivity index (χ1n) is 5.91. The van der Waals surface area contributed by atoms with Gasteiger partial charge < -0.3 is 14.7 Å². The molecule has 0 spiro atoms. The molecular formula is C14H21NO3. The summed E-state index contributed by atoms with van der Waals surface area (Å²) in [7, 11) is 1.67. The second-order valence-electron chi connectivity index (χ2n) is 5.51. The number of ether oxygens (including phenoxy) is 1. The van der Waals surface area contributed by atoms with E-state index in [1.54, 1.807) is 19.2 Å². The quantitative estimate of drug-likeness (QED) is 0.878. The average Bonchev–Trinajstić information content (AvgIpc) is 2.12. The van der Waals surface area contributed by atoms with Gasteiger partial charge in [-0.1, -0.05) is 6.07 Å². The molecule has 0 aliphatic heterocycles. The lowest BCUT2D eigenvalue weighted by molar-refractivity contribution is 0.0285. The molecule has 0 atom stereocenters. The monoisotopic (exact) mass is 251 g/mol. The van der Waals surface area contributed by atoms with Crippen LogP contribution in [0.3, 0.4) is 0 Å². The van der Waals surface area contributed by atoms with E-state index in [4.69, 9.17) is 4.74 Å². The molecule has 4 heteroatoms. The summed E-state index contributed by atoms with van der Waals surface area (Å²) in [6.45, 7) is 7.80. The number of rotatable bonds is 2. The zero-order valence-corrected chi connectivity index (χ0v) is 11.7. The molecule has 1 aromatic carbocycles. The lowest BCUT2D eigenvalue weighted by Crippen LogP contribution is -2.33. The number of carbonyl (C=O) groups is 1. The van der Waals surface area contributed by atoms with E-state index in [9.17, 15) is 9.90 Å². The smallest absolute Gasteiger partial charge is 0.410 e. The first-order chi connectivity index (χ1) is 8.17. The zero-order chi connectivity index (χ0) is 13.9. The van der Waals surface area contributed by atoms with Crippen molar-refractivity contribution in [3.63, 3.8) is 0 Å². The van der Waals surface area contributed by atoms with Gasteiger partial charge >= 0.3 is 6.09 Å². The number of phenolic OH excluding ortho intramolecular Hbond substituents is 1. The van der Waals surface area contributed by atoms with Gasteiger partial charge in [-0.15, -0.1) is 0 Å². The van der Waals surface area contributed by atoms with Gasteiger partial charge in [0.05, 0.1) is 0 Å². The van der Waals surface area contributed by atoms with Gasteiger partial charge in [-0.2, -0.15) is 0 Å². The van der Waals surface area contributed by atoms with Crippen molar-refractivity contribution in [3.05, 3.63) is 29.3 Å². The molecule has 0 radical (unpaired) electrons. The molecule has 0 aromatic heterocycles. The van der Waals surface area contributed by atoms with Crippen molar-refractivity contribution in [3.8, 4) is 5.75 Å². The van der Waals surface area contributed by atoms with Crippen LogP contribution in [-0.2, 0) is 11.3 Å². The van der Waals surface area contributed by atoms with Crippen LogP contribution in [-0.4, -0.2) is 28.7 Å². The number of phenols is 1. The molecule has 1 aromatic rings. The second-order valence-corrected chi connectivity index (χ2v) is 5.51. The van der Waals surface area contributed by atoms with Gasteiger partial charge in [-0.25, -0.2) is 4.79 Å². The molecule has 1 N–H and O–H groups in total. The van der Waals surface area contributed by atoms with Crippen LogP contribution in [0.15, 0.2) is 18.2 Å². The third-order valence-corrected chi connectivity index (χ3v) is 2.25. The van der Waals surface area contributed by atoms with Crippen molar-refractivity contribution >= 4 is 6.09 Å². The average molecular weight is 251 g/mol. The van der Waals surface area contributed by atoms with Gasteiger partial charge in [0, 0.05) is 13.6 Å². The number of amides is 1. The van der Waals surface area contributed by atoms with Gasteiger partial charge in [-0.3, -0.25) is 0 Å². The summed E-state index contributed by atoms with van der Waals surface area (Å²) in [5.74, 6) is 0.211. The maximum absolute atomic E-state index is 11.8. The maximum Gasteiger partial charge on any atom is 0.410 e. The summed E-state index contributed by atoms with van der Waals surface area (Å²) >= 11 is 0. The minimum Gasteiger partial charge on any atom is -0.508 e. The summed E-state index contributed by atoms with van der Waals surface area (Å²) < 4.78 is 5.26. The largest absolute Gasteiger partial charge is 0.508 e. The van der Waals surface area contributed by atoms with Crippen LogP contribution in [0, 0.1) is 6.92 Å². The Labute approximate surface area is 108 Å². The summed E-state index contributed by atoms with van der Waals surface area (Å²) in [6, 6.07) is 5.26. The summed E-state index contributed by atoms with van der Waals surface area (Å²) in [5.41, 5.74) is 1.34. The molecule has 1 amide bonds. The van der Waals surface area contributed by atoms with Crippen LogP contribution in [0.5, 0.6) is 5.75 Å². The Kier molecular flexibility index (Phi) is 4.22. The zero-order valence-electron chi connectivity index (χ0n) is 11.7. The predicted molar refractivity (Wildman–Crippen MR) is 70.5 cm³/mol. The van der Waals surface area contributed by atoms with Crippen LogP contribution in [0.1, 0.15) is 31.9 Å². The third-order valence-electron chi connectivity index (χ3n) is 2.25. The molecule has 4 nitrogen and oxygen atoms in total. The number of aromatic hydroxyl groups is 1. The van der Waals surface area contributed by atoms with E-state index in [0.717, 1.165) is 11.1 Å². The van der Waals surface area contributed by atoms with E-state index < -0.39 is 5.60 Å². The first-order valence-corrected chi connectivity index (χ1v) is 5.91. The molecule has 18 heavy (non-hydrogen) atoms. The minimum atomic E-state index is -0.500. The van der Waals surface area contributed by atoms with Crippen LogP contribution in [0.4, 0.5) is 4.79 Å². The topological polar surface area (TPSA) is 49.8 Å². The van der Waals surface area contributed by atoms with Crippen molar-refractivity contribution in [1.82, 2.24) is 4.90 Å². The third kappa shape index (κ3) is 4.65. The fourth-order valence-electron chi connectivity index (χ4n) is 1.61. The molecule has 0 aliphatic rings. The molecule has 0 saturated carbocycles. The molecule has 0 bridgehead atoms. The Bertz CT molecular complexity index is 415. The van der Waals surface area contributed by atoms with Gasteiger partial charge in [-0.05, 0) is 51.0 Å². The SMILES string of the molecule is Cc1cc(O)cc(CN(C)C(=O)OC(C)(C)C)c1. The van der Waals surface area contributed by atoms with E-state index >= 15 is 0 Å². The van der Waals surface area contributed by atoms with Crippen LogP contribution < -0.4 is 0 Å². The van der Waals surface area contributed by atoms with Crippen molar-refractivity contribution < 1.29 is 14.6 Å². The van der Waals surface area contributed by atoms with Crippen molar-refractivity contribution in [2.75, 3.05) is 7.05 Å². The molecule has 0 fully saturated rings. The summed E-state index contributed by atoms with van der Waals surface area (Å²) in [6.07, 6.45) is -0.372. The Balaban J connectivity index is 2.69. The van der Waals surface area contributed by atoms with Crippen LogP contribution >= 0.6 is 0 Å². The molecule has 0 heterocycles. The van der Waals surface area contributed by atoms with Crippen LogP contribution in [0.25, 0.3) is 0 Å². The Morgan fingerprint density at radius 2 is 1.94 bits per heavy atom. The van der Waals surface area contributed by atoms with E-state index in [0.29, 0.717) is 6.54 Å². The standard InChI is InChI=1S/C14H21NO3/c1-10-6-11(8-12(16)7-10)9-15(5)13(17)18-14(2,3)4/h6-8,16H,9H2,1-5H3. The molecule has 0 unspecified atom stereocenters. The number of aryl methyl sites for hydroxylation is 1. The lowest BCUT2D eigenvalue weighted by atomic mass is 10.1. The number of hydrogen-bond donors (Lipinski definition) is 1. The number of hydrogen-bond acceptors (Lipinski definition) is 3. The lowest BCUT2D eigenvalue weighted by Gasteiger charge is -2.24. The van der Waals surface area contributed by atoms with Crippen molar-refractivity contribution in [2.24, 2.45) is 0 Å². The highest BCUT2D eigenvalue weighted by Gasteiger charge is 2.19. The number of carbonyl (C=O) groups excluding carboxylic acids is 1. The van der Waals surface area contributed by atoms with Gasteiger partial charge in [0.25, 0.3) is 0 Å². The van der Waals surface area contributed by atoms with E-state index in [1.807, 2.05) is 33.8 Å². The Morgan fingerprint density at radius 3 is 2.44 bits per heavy atom. The van der Waals surface area contributed by atoms with Crippen molar-refractivity contribution in [1.29, 1.82) is 0 Å². The highest BCUT2D eigenvalue weighted by atomic mass is 16.6. The molecule has 0 aliphatic carbocycles. The maximum atomic E-state index is 11.8. The Hall–Kier alpha value is -1.71. The van der Waals surface area contributed by atoms with Crippen LogP contribution in [0.2, 0.25) is 0 Å². The predicted octanol–water partition coefficient (Wildman–Crippen LogP) is 3.07. The fourth-order valence-corrected chi connectivity index (χ4v) is 1.61. The first kappa shape index (κ1) is 14.4. The Morgan fingerprint density at radius 1 is 1.33 bits per heavy atom. The molecule has 0 saturated heterocycles. The highest BCUT2D eigenvalue weighted by Crippen LogP contribution is 2.17. The highest BCUT2D eigenvalue weighted by molar-refractivity contribution is 5.67. The van der Waals surface area contributed by atoms with Gasteiger partial charge in [0.15, 0.2) is 0 Å². The number of nitrogens with zero attached hydrogens (tertiary/aromatic N) is 1. The fraction of sp³-hybridized carbons (Fsp3) is 0.500. The summed E-state index contributed by atoms with van der Waals surface area (Å²) in [5, 5.41) is 9.50. The second kappa shape index (κ2) is 5.29. The summed E-state index contributed by atoms with van der Waals surface area (Å²) in [4.78, 5) is 13.3. The number of benzene rings is 1. The normalized spacial score (nSPS) is 11.2.